The zero-order chi connectivity index (χ0) is 14.3. The fraction of sp³-hybridized carbons (Fsp3) is 0.583. The highest BCUT2D eigenvalue weighted by atomic mass is 79.9. The van der Waals surface area contributed by atoms with E-state index in [-0.39, 0.29) is 11.7 Å². The third-order valence-electron chi connectivity index (χ3n) is 2.26. The molecule has 0 atom stereocenters. The van der Waals surface area contributed by atoms with Gasteiger partial charge in [0.25, 0.3) is 0 Å². The van der Waals surface area contributed by atoms with Crippen LogP contribution >= 0.6 is 15.9 Å². The first-order valence-electron chi connectivity index (χ1n) is 6.14. The topological polar surface area (TPSA) is 70.4 Å². The molecule has 0 saturated carbocycles. The van der Waals surface area contributed by atoms with E-state index in [1.165, 1.54) is 0 Å². The molecule has 1 rings (SSSR count). The van der Waals surface area contributed by atoms with Gasteiger partial charge in [0.15, 0.2) is 5.69 Å². The zero-order valence-corrected chi connectivity index (χ0v) is 12.6. The first-order valence-corrected chi connectivity index (χ1v) is 6.93. The molecule has 7 heteroatoms. The number of esters is 2. The lowest BCUT2D eigenvalue weighted by molar-refractivity contribution is -0.143. The van der Waals surface area contributed by atoms with Gasteiger partial charge in [-0.25, -0.2) is 4.79 Å². The molecule has 1 aromatic rings. The second-order valence-corrected chi connectivity index (χ2v) is 4.57. The number of carbonyl (C=O) groups excluding carboxylic acids is 2. The molecule has 0 aliphatic carbocycles. The van der Waals surface area contributed by atoms with E-state index in [1.54, 1.807) is 24.7 Å². The lowest BCUT2D eigenvalue weighted by Crippen LogP contribution is -2.09. The Morgan fingerprint density at radius 3 is 2.63 bits per heavy atom. The predicted molar refractivity (Wildman–Crippen MR) is 71.8 cm³/mol. The van der Waals surface area contributed by atoms with Gasteiger partial charge in [-0.3, -0.25) is 9.48 Å². The van der Waals surface area contributed by atoms with Crippen molar-refractivity contribution < 1.29 is 19.1 Å². The molecule has 0 N–H and O–H groups in total. The number of halogens is 1. The van der Waals surface area contributed by atoms with Gasteiger partial charge in [-0.15, -0.1) is 0 Å². The molecule has 1 aromatic heterocycles. The average Bonchev–Trinajstić information content (AvgIpc) is 2.71. The Balaban J connectivity index is 2.49. The van der Waals surface area contributed by atoms with Crippen LogP contribution in [0.4, 0.5) is 0 Å². The lowest BCUT2D eigenvalue weighted by Gasteiger charge is -2.02. The minimum Gasteiger partial charge on any atom is -0.466 e. The molecule has 0 spiro atoms. The van der Waals surface area contributed by atoms with Crippen molar-refractivity contribution in [3.05, 3.63) is 16.4 Å². The summed E-state index contributed by atoms with van der Waals surface area (Å²) in [6.45, 7) is 4.74. The summed E-state index contributed by atoms with van der Waals surface area (Å²) in [7, 11) is 0. The van der Waals surface area contributed by atoms with Crippen LogP contribution in [0.3, 0.4) is 0 Å². The zero-order valence-electron chi connectivity index (χ0n) is 11.0. The van der Waals surface area contributed by atoms with E-state index >= 15 is 0 Å². The Labute approximate surface area is 120 Å². The maximum atomic E-state index is 11.5. The van der Waals surface area contributed by atoms with Gasteiger partial charge >= 0.3 is 11.9 Å². The molecular weight excluding hydrogens is 316 g/mol. The Kier molecular flexibility index (Phi) is 6.55. The first-order chi connectivity index (χ1) is 9.08. The molecule has 0 radical (unpaired) electrons. The van der Waals surface area contributed by atoms with Crippen LogP contribution in [0.25, 0.3) is 0 Å². The van der Waals surface area contributed by atoms with Crippen molar-refractivity contribution in [3.63, 3.8) is 0 Å². The van der Waals surface area contributed by atoms with E-state index in [4.69, 9.17) is 9.47 Å². The number of aryl methyl sites for hydroxylation is 1. The van der Waals surface area contributed by atoms with Crippen LogP contribution in [0.5, 0.6) is 0 Å². The summed E-state index contributed by atoms with van der Waals surface area (Å²) in [5.74, 6) is -0.683. The van der Waals surface area contributed by atoms with Gasteiger partial charge in [0.2, 0.25) is 0 Å². The molecule has 1 heterocycles. The van der Waals surface area contributed by atoms with Gasteiger partial charge in [0, 0.05) is 19.2 Å². The van der Waals surface area contributed by atoms with Gasteiger partial charge in [-0.1, -0.05) is 0 Å². The second kappa shape index (κ2) is 7.93. The van der Waals surface area contributed by atoms with Gasteiger partial charge in [0.05, 0.1) is 17.7 Å². The molecule has 0 aromatic carbocycles. The fourth-order valence-corrected chi connectivity index (χ4v) is 1.95. The van der Waals surface area contributed by atoms with Crippen molar-refractivity contribution in [2.45, 2.75) is 33.2 Å². The Bertz CT molecular complexity index is 445. The Hall–Kier alpha value is -1.37. The summed E-state index contributed by atoms with van der Waals surface area (Å²) in [6.07, 6.45) is 2.63. The number of rotatable bonds is 7. The lowest BCUT2D eigenvalue weighted by atomic mass is 10.3. The monoisotopic (exact) mass is 332 g/mol. The molecule has 6 nitrogen and oxygen atoms in total. The second-order valence-electron chi connectivity index (χ2n) is 3.72. The van der Waals surface area contributed by atoms with Crippen LogP contribution in [0.1, 0.15) is 37.2 Å². The number of hydrogen-bond acceptors (Lipinski definition) is 5. The molecule has 19 heavy (non-hydrogen) atoms. The summed E-state index contributed by atoms with van der Waals surface area (Å²) < 4.78 is 11.9. The Morgan fingerprint density at radius 2 is 2.00 bits per heavy atom. The fourth-order valence-electron chi connectivity index (χ4n) is 1.47. The van der Waals surface area contributed by atoms with Crippen LogP contribution in [0.2, 0.25) is 0 Å². The first kappa shape index (κ1) is 15.7. The third-order valence-corrected chi connectivity index (χ3v) is 2.84. The van der Waals surface area contributed by atoms with Crippen molar-refractivity contribution in [1.29, 1.82) is 0 Å². The molecule has 0 saturated heterocycles. The van der Waals surface area contributed by atoms with E-state index in [9.17, 15) is 9.59 Å². The van der Waals surface area contributed by atoms with Crippen molar-refractivity contribution in [1.82, 2.24) is 9.78 Å². The third kappa shape index (κ3) is 5.02. The van der Waals surface area contributed by atoms with Gasteiger partial charge < -0.3 is 9.47 Å². The molecule has 0 amide bonds. The highest BCUT2D eigenvalue weighted by Crippen LogP contribution is 2.16. The Morgan fingerprint density at radius 1 is 1.32 bits per heavy atom. The number of carbonyl (C=O) groups is 2. The number of ether oxygens (including phenoxy) is 2. The maximum absolute atomic E-state index is 11.5. The minimum absolute atomic E-state index is 0.223. The average molecular weight is 333 g/mol. The van der Waals surface area contributed by atoms with Crippen LogP contribution in [-0.4, -0.2) is 34.9 Å². The van der Waals surface area contributed by atoms with Gasteiger partial charge in [0.1, 0.15) is 0 Å². The number of nitrogens with zero attached hydrogens (tertiary/aromatic N) is 2. The molecule has 0 fully saturated rings. The van der Waals surface area contributed by atoms with Gasteiger partial charge in [-0.2, -0.15) is 5.10 Å². The van der Waals surface area contributed by atoms with Crippen molar-refractivity contribution in [3.8, 4) is 0 Å². The largest absolute Gasteiger partial charge is 0.466 e. The van der Waals surface area contributed by atoms with E-state index in [2.05, 4.69) is 21.0 Å². The normalized spacial score (nSPS) is 10.3. The number of aromatic nitrogens is 2. The highest BCUT2D eigenvalue weighted by molar-refractivity contribution is 9.10. The van der Waals surface area contributed by atoms with E-state index in [0.29, 0.717) is 37.1 Å². The standard InChI is InChI=1S/C12H17BrN2O4/c1-3-18-10(16)6-5-7-15-8-9(13)11(14-15)12(17)19-4-2/h8H,3-7H2,1-2H3. The quantitative estimate of drug-likeness (QED) is 0.715. The molecule has 0 aliphatic rings. The van der Waals surface area contributed by atoms with Crippen LogP contribution < -0.4 is 0 Å². The van der Waals surface area contributed by atoms with E-state index in [1.807, 2.05) is 0 Å². The summed E-state index contributed by atoms with van der Waals surface area (Å²) in [6, 6.07) is 0. The minimum atomic E-state index is -0.460. The highest BCUT2D eigenvalue weighted by Gasteiger charge is 2.16. The van der Waals surface area contributed by atoms with Crippen LogP contribution in [0, 0.1) is 0 Å². The molecule has 0 bridgehead atoms. The summed E-state index contributed by atoms with van der Waals surface area (Å²) in [5, 5.41) is 4.11. The number of hydrogen-bond donors (Lipinski definition) is 0. The maximum Gasteiger partial charge on any atom is 0.360 e. The van der Waals surface area contributed by atoms with Gasteiger partial charge in [-0.05, 0) is 36.2 Å². The van der Waals surface area contributed by atoms with Crippen LogP contribution in [-0.2, 0) is 20.8 Å². The van der Waals surface area contributed by atoms with Crippen molar-refractivity contribution >= 4 is 27.9 Å². The van der Waals surface area contributed by atoms with E-state index < -0.39 is 5.97 Å². The molecule has 0 aliphatic heterocycles. The van der Waals surface area contributed by atoms with Crippen molar-refractivity contribution in [2.24, 2.45) is 0 Å². The summed E-state index contributed by atoms with van der Waals surface area (Å²) in [5.41, 5.74) is 0.248. The SMILES string of the molecule is CCOC(=O)CCCn1cc(Br)c(C(=O)OCC)n1. The molecule has 0 unspecified atom stereocenters. The smallest absolute Gasteiger partial charge is 0.360 e. The van der Waals surface area contributed by atoms with Crippen LogP contribution in [0.15, 0.2) is 10.7 Å². The summed E-state index contributed by atoms with van der Waals surface area (Å²) >= 11 is 3.26. The molecular formula is C12H17BrN2O4. The van der Waals surface area contributed by atoms with Crippen molar-refractivity contribution in [2.75, 3.05) is 13.2 Å². The summed E-state index contributed by atoms with van der Waals surface area (Å²) in [4.78, 5) is 22.7. The predicted octanol–water partition coefficient (Wildman–Crippen LogP) is 2.17. The molecule has 106 valence electrons. The van der Waals surface area contributed by atoms with E-state index in [0.717, 1.165) is 0 Å².